The van der Waals surface area contributed by atoms with Gasteiger partial charge in [0.15, 0.2) is 0 Å². The van der Waals surface area contributed by atoms with Gasteiger partial charge in [0.05, 0.1) is 30.1 Å². The smallest absolute Gasteiger partial charge is 0.394 e. The average Bonchev–Trinajstić information content (AvgIpc) is 3.27. The summed E-state index contributed by atoms with van der Waals surface area (Å²) < 4.78 is 46.5. The Labute approximate surface area is 201 Å². The van der Waals surface area contributed by atoms with Crippen molar-refractivity contribution in [1.82, 2.24) is 0 Å². The van der Waals surface area contributed by atoms with Gasteiger partial charge in [0, 0.05) is 10.5 Å². The van der Waals surface area contributed by atoms with Crippen molar-refractivity contribution >= 4 is 28.6 Å². The molecule has 0 radical (unpaired) electrons. The maximum atomic E-state index is 13.4. The molecule has 1 heterocycles. The van der Waals surface area contributed by atoms with Gasteiger partial charge >= 0.3 is 12.1 Å². The molecule has 1 unspecified atom stereocenters. The summed E-state index contributed by atoms with van der Waals surface area (Å²) in [6, 6.07) is 0. The normalized spacial score (nSPS) is 32.1. The van der Waals surface area contributed by atoms with Gasteiger partial charge in [0.2, 0.25) is 0 Å². The molecule has 0 amide bonds. The molecule has 0 aromatic carbocycles. The number of fused-ring (bicyclic) bond motifs is 1. The minimum atomic E-state index is -4.46. The topological polar surface area (TPSA) is 87.0 Å². The summed E-state index contributed by atoms with van der Waals surface area (Å²) in [4.78, 5) is 11.0. The summed E-state index contributed by atoms with van der Waals surface area (Å²) in [6.45, 7) is 3.43. The predicted octanol–water partition coefficient (Wildman–Crippen LogP) is 4.98. The number of aliphatic carboxylic acids is 1. The summed E-state index contributed by atoms with van der Waals surface area (Å²) in [6.07, 6.45) is 0.306. The van der Waals surface area contributed by atoms with Crippen LogP contribution in [0, 0.1) is 29.6 Å². The Bertz CT molecular complexity index is 629. The van der Waals surface area contributed by atoms with Crippen LogP contribution in [0.2, 0.25) is 0 Å². The molecule has 9 heteroatoms. The number of aliphatic hydroxyl groups is 2. The summed E-state index contributed by atoms with van der Waals surface area (Å²) >= 11 is 2.29. The summed E-state index contributed by atoms with van der Waals surface area (Å²) in [7, 11) is 0. The first kappa shape index (κ1) is 27.9. The molecule has 32 heavy (non-hydrogen) atoms. The van der Waals surface area contributed by atoms with Gasteiger partial charge in [-0.1, -0.05) is 61.4 Å². The van der Waals surface area contributed by atoms with Crippen LogP contribution in [0.5, 0.6) is 0 Å². The number of unbranched alkanes of at least 4 members (excludes halogenated alkanes) is 1. The minimum Gasteiger partial charge on any atom is -0.481 e. The number of carboxylic acid groups (broad SMARTS) is 1. The molecule has 0 aromatic rings. The number of aliphatic hydroxyl groups excluding tert-OH is 2. The molecule has 1 saturated heterocycles. The molecule has 0 aromatic heterocycles. The van der Waals surface area contributed by atoms with Crippen molar-refractivity contribution in [2.75, 3.05) is 6.61 Å². The van der Waals surface area contributed by atoms with Crippen LogP contribution in [0.15, 0.2) is 12.2 Å². The molecule has 2 rings (SSSR count). The van der Waals surface area contributed by atoms with Crippen molar-refractivity contribution in [2.45, 2.75) is 87.2 Å². The first-order chi connectivity index (χ1) is 15.0. The quantitative estimate of drug-likeness (QED) is 0.173. The maximum absolute atomic E-state index is 13.4. The maximum Gasteiger partial charge on any atom is 0.394 e. The van der Waals surface area contributed by atoms with Crippen LogP contribution in [0.1, 0.15) is 58.8 Å². The summed E-state index contributed by atoms with van der Waals surface area (Å²) in [5, 5.41) is 29.2. The lowest BCUT2D eigenvalue weighted by Gasteiger charge is -2.25. The second kappa shape index (κ2) is 12.4. The number of rotatable bonds is 12. The van der Waals surface area contributed by atoms with Crippen molar-refractivity contribution in [3.05, 3.63) is 12.2 Å². The second-order valence-electron chi connectivity index (χ2n) is 9.37. The van der Waals surface area contributed by atoms with Crippen molar-refractivity contribution in [3.8, 4) is 0 Å². The van der Waals surface area contributed by atoms with E-state index >= 15 is 0 Å². The van der Waals surface area contributed by atoms with E-state index in [1.807, 2.05) is 6.92 Å². The Hall–Kier alpha value is -0.390. The van der Waals surface area contributed by atoms with Crippen LogP contribution in [-0.4, -0.2) is 56.3 Å². The molecular weight excluding hydrogens is 540 g/mol. The van der Waals surface area contributed by atoms with Crippen LogP contribution in [0.25, 0.3) is 0 Å². The first-order valence-corrected chi connectivity index (χ1v) is 12.8. The molecule has 9 atom stereocenters. The molecule has 186 valence electrons. The average molecular weight is 576 g/mol. The highest BCUT2D eigenvalue weighted by atomic mass is 127. The molecule has 0 bridgehead atoms. The number of allylic oxidation sites excluding steroid dienone is 1. The SMILES string of the molecule is CCCC[C@H]([C@H](O)/C=C/[C@H]1[C@H](CO)C[C@@H]2O[C@@H]([C@H](I)CCC(C)C(=O)O)C[C@H]12)C(F)(F)F. The third-order valence-electron chi connectivity index (χ3n) is 7.07. The van der Waals surface area contributed by atoms with E-state index in [4.69, 9.17) is 9.84 Å². The Morgan fingerprint density at radius 2 is 1.94 bits per heavy atom. The minimum absolute atomic E-state index is 0.0421. The van der Waals surface area contributed by atoms with Gasteiger partial charge in [-0.05, 0) is 49.9 Å². The van der Waals surface area contributed by atoms with Crippen molar-refractivity contribution in [3.63, 3.8) is 0 Å². The van der Waals surface area contributed by atoms with E-state index in [-0.39, 0.29) is 46.9 Å². The first-order valence-electron chi connectivity index (χ1n) is 11.6. The Balaban J connectivity index is 2.02. The van der Waals surface area contributed by atoms with Crippen LogP contribution in [0.4, 0.5) is 13.2 Å². The number of halogens is 4. The van der Waals surface area contributed by atoms with E-state index in [1.54, 1.807) is 13.0 Å². The third-order valence-corrected chi connectivity index (χ3v) is 8.50. The molecule has 5 nitrogen and oxygen atoms in total. The number of hydrogen-bond acceptors (Lipinski definition) is 4. The lowest BCUT2D eigenvalue weighted by molar-refractivity contribution is -0.195. The highest BCUT2D eigenvalue weighted by molar-refractivity contribution is 14.1. The lowest BCUT2D eigenvalue weighted by atomic mass is 9.84. The Kier molecular flexibility index (Phi) is 10.8. The predicted molar refractivity (Wildman–Crippen MR) is 124 cm³/mol. The fourth-order valence-corrected chi connectivity index (χ4v) is 5.84. The van der Waals surface area contributed by atoms with Gasteiger partial charge in [-0.2, -0.15) is 13.2 Å². The number of carbonyl (C=O) groups is 1. The lowest BCUT2D eigenvalue weighted by Crippen LogP contribution is -2.33. The van der Waals surface area contributed by atoms with Crippen LogP contribution < -0.4 is 0 Å². The van der Waals surface area contributed by atoms with E-state index in [1.165, 1.54) is 6.08 Å². The fourth-order valence-electron chi connectivity index (χ4n) is 5.02. The van der Waals surface area contributed by atoms with E-state index in [0.29, 0.717) is 32.1 Å². The van der Waals surface area contributed by atoms with Gasteiger partial charge < -0.3 is 20.1 Å². The molecular formula is C23H36F3IO5. The van der Waals surface area contributed by atoms with Gasteiger partial charge in [-0.15, -0.1) is 0 Å². The van der Waals surface area contributed by atoms with Gasteiger partial charge in [0.1, 0.15) is 0 Å². The molecule has 2 aliphatic rings. The molecule has 3 N–H and O–H groups in total. The molecule has 0 spiro atoms. The highest BCUT2D eigenvalue weighted by Gasteiger charge is 2.50. The summed E-state index contributed by atoms with van der Waals surface area (Å²) in [5.74, 6) is -3.19. The zero-order chi connectivity index (χ0) is 24.1. The monoisotopic (exact) mass is 576 g/mol. The Morgan fingerprint density at radius 1 is 1.25 bits per heavy atom. The molecule has 1 aliphatic carbocycles. The van der Waals surface area contributed by atoms with E-state index in [2.05, 4.69) is 22.6 Å². The van der Waals surface area contributed by atoms with Crippen LogP contribution in [0.3, 0.4) is 0 Å². The van der Waals surface area contributed by atoms with E-state index in [0.717, 1.165) is 6.42 Å². The molecule has 1 saturated carbocycles. The van der Waals surface area contributed by atoms with Gasteiger partial charge in [-0.3, -0.25) is 4.79 Å². The highest BCUT2D eigenvalue weighted by Crippen LogP contribution is 2.49. The van der Waals surface area contributed by atoms with Crippen LogP contribution in [-0.2, 0) is 9.53 Å². The van der Waals surface area contributed by atoms with Crippen molar-refractivity contribution < 1.29 is 38.0 Å². The number of carboxylic acids is 1. The zero-order valence-corrected chi connectivity index (χ0v) is 20.8. The standard InChI is InChI=1S/C23H36F3IO5/c1-3-4-5-17(23(24,25)26)19(29)9-7-15-14(12-28)10-20-16(15)11-21(32-20)18(27)8-6-13(2)22(30)31/h7,9,13-21,28-29H,3-6,8,10-12H2,1-2H3,(H,30,31)/b9-7+/t13?,14-,15-,16+,17+,18+,19+,20-,21+/m0/s1. The summed E-state index contributed by atoms with van der Waals surface area (Å²) in [5.41, 5.74) is 0. The van der Waals surface area contributed by atoms with Gasteiger partial charge in [0.25, 0.3) is 0 Å². The number of alkyl halides is 4. The van der Waals surface area contributed by atoms with E-state index in [9.17, 15) is 28.2 Å². The fraction of sp³-hybridized carbons (Fsp3) is 0.870. The number of hydrogen-bond donors (Lipinski definition) is 3. The molecule has 1 aliphatic heterocycles. The second-order valence-corrected chi connectivity index (χ2v) is 11.0. The van der Waals surface area contributed by atoms with Crippen molar-refractivity contribution in [2.24, 2.45) is 29.6 Å². The third kappa shape index (κ3) is 7.30. The van der Waals surface area contributed by atoms with E-state index < -0.39 is 30.1 Å². The zero-order valence-electron chi connectivity index (χ0n) is 18.7. The number of ether oxygens (including phenoxy) is 1. The van der Waals surface area contributed by atoms with Gasteiger partial charge in [-0.25, -0.2) is 0 Å². The van der Waals surface area contributed by atoms with Crippen molar-refractivity contribution in [1.29, 1.82) is 0 Å². The van der Waals surface area contributed by atoms with Crippen LogP contribution >= 0.6 is 22.6 Å². The Morgan fingerprint density at radius 3 is 2.50 bits per heavy atom. The molecule has 2 fully saturated rings. The largest absolute Gasteiger partial charge is 0.481 e.